The molecule has 1 heterocycles. The predicted octanol–water partition coefficient (Wildman–Crippen LogP) is 2.37. The van der Waals surface area contributed by atoms with Crippen LogP contribution in [0.2, 0.25) is 0 Å². The molecule has 0 radical (unpaired) electrons. The molecule has 1 saturated heterocycles. The Morgan fingerprint density at radius 1 is 1.08 bits per heavy atom. The maximum absolute atomic E-state index is 12.6. The highest BCUT2D eigenvalue weighted by Gasteiger charge is 2.30. The Labute approximate surface area is 144 Å². The van der Waals surface area contributed by atoms with E-state index >= 15 is 0 Å². The average molecular weight is 357 g/mol. The SMILES string of the molecule is CNC(=O)N1CCN(C(=O)[C@H](C)Cc2ccc(C(F)(F)F)cc2)CC1. The van der Waals surface area contributed by atoms with Gasteiger partial charge in [-0.25, -0.2) is 4.79 Å². The van der Waals surface area contributed by atoms with Crippen molar-refractivity contribution in [3.05, 3.63) is 35.4 Å². The van der Waals surface area contributed by atoms with Gasteiger partial charge in [-0.1, -0.05) is 19.1 Å². The van der Waals surface area contributed by atoms with Crippen molar-refractivity contribution in [3.63, 3.8) is 0 Å². The molecule has 2 rings (SSSR count). The van der Waals surface area contributed by atoms with Gasteiger partial charge in [0.2, 0.25) is 5.91 Å². The van der Waals surface area contributed by atoms with E-state index in [1.807, 2.05) is 0 Å². The van der Waals surface area contributed by atoms with Gasteiger partial charge in [-0.3, -0.25) is 4.79 Å². The van der Waals surface area contributed by atoms with Crippen LogP contribution in [-0.2, 0) is 17.4 Å². The predicted molar refractivity (Wildman–Crippen MR) is 86.9 cm³/mol. The van der Waals surface area contributed by atoms with Gasteiger partial charge in [-0.15, -0.1) is 0 Å². The van der Waals surface area contributed by atoms with Crippen LogP contribution in [0, 0.1) is 5.92 Å². The van der Waals surface area contributed by atoms with Crippen LogP contribution in [0.4, 0.5) is 18.0 Å². The molecule has 0 saturated carbocycles. The van der Waals surface area contributed by atoms with Gasteiger partial charge in [0.05, 0.1) is 5.56 Å². The first kappa shape index (κ1) is 19.1. The van der Waals surface area contributed by atoms with E-state index in [-0.39, 0.29) is 17.9 Å². The van der Waals surface area contributed by atoms with Crippen LogP contribution in [0.1, 0.15) is 18.1 Å². The van der Waals surface area contributed by atoms with Crippen LogP contribution < -0.4 is 5.32 Å². The molecular weight excluding hydrogens is 335 g/mol. The summed E-state index contributed by atoms with van der Waals surface area (Å²) in [4.78, 5) is 27.4. The number of amides is 3. The molecule has 1 aromatic carbocycles. The highest BCUT2D eigenvalue weighted by molar-refractivity contribution is 5.79. The van der Waals surface area contributed by atoms with Crippen LogP contribution in [0.15, 0.2) is 24.3 Å². The van der Waals surface area contributed by atoms with E-state index in [1.165, 1.54) is 12.1 Å². The number of hydrogen-bond donors (Lipinski definition) is 1. The maximum Gasteiger partial charge on any atom is 0.416 e. The van der Waals surface area contributed by atoms with Crippen molar-refractivity contribution >= 4 is 11.9 Å². The number of carbonyl (C=O) groups is 2. The quantitative estimate of drug-likeness (QED) is 0.903. The maximum atomic E-state index is 12.6. The van der Waals surface area contributed by atoms with E-state index in [9.17, 15) is 22.8 Å². The van der Waals surface area contributed by atoms with E-state index in [2.05, 4.69) is 5.32 Å². The molecule has 138 valence electrons. The highest BCUT2D eigenvalue weighted by Crippen LogP contribution is 2.29. The lowest BCUT2D eigenvalue weighted by Gasteiger charge is -2.35. The summed E-state index contributed by atoms with van der Waals surface area (Å²) in [7, 11) is 1.56. The van der Waals surface area contributed by atoms with Crippen LogP contribution in [0.5, 0.6) is 0 Å². The van der Waals surface area contributed by atoms with Crippen LogP contribution in [0.3, 0.4) is 0 Å². The number of carbonyl (C=O) groups excluding carboxylic acids is 2. The lowest BCUT2D eigenvalue weighted by molar-refractivity contribution is -0.138. The number of alkyl halides is 3. The molecule has 25 heavy (non-hydrogen) atoms. The van der Waals surface area contributed by atoms with Gasteiger partial charge >= 0.3 is 12.2 Å². The number of halogens is 3. The van der Waals surface area contributed by atoms with Gasteiger partial charge in [0.1, 0.15) is 0 Å². The fourth-order valence-corrected chi connectivity index (χ4v) is 2.87. The third kappa shape index (κ3) is 4.87. The summed E-state index contributed by atoms with van der Waals surface area (Å²) in [5, 5.41) is 2.55. The molecule has 0 unspecified atom stereocenters. The number of piperazine rings is 1. The van der Waals surface area contributed by atoms with Gasteiger partial charge in [0.15, 0.2) is 0 Å². The highest BCUT2D eigenvalue weighted by atomic mass is 19.4. The minimum Gasteiger partial charge on any atom is -0.341 e. The first-order valence-electron chi connectivity index (χ1n) is 8.14. The molecule has 5 nitrogen and oxygen atoms in total. The number of hydrogen-bond acceptors (Lipinski definition) is 2. The van der Waals surface area contributed by atoms with Crippen LogP contribution >= 0.6 is 0 Å². The van der Waals surface area contributed by atoms with Crippen LogP contribution in [-0.4, -0.2) is 55.0 Å². The normalized spacial score (nSPS) is 16.5. The van der Waals surface area contributed by atoms with Crippen molar-refractivity contribution in [2.45, 2.75) is 19.5 Å². The second kappa shape index (κ2) is 7.76. The first-order valence-corrected chi connectivity index (χ1v) is 8.14. The second-order valence-corrected chi connectivity index (χ2v) is 6.17. The first-order chi connectivity index (χ1) is 11.7. The van der Waals surface area contributed by atoms with Crippen molar-refractivity contribution in [1.29, 1.82) is 0 Å². The molecular formula is C17H22F3N3O2. The molecule has 0 bridgehead atoms. The van der Waals surface area contributed by atoms with Crippen molar-refractivity contribution < 1.29 is 22.8 Å². The average Bonchev–Trinajstić information content (AvgIpc) is 2.60. The Bertz CT molecular complexity index is 609. The molecule has 1 aromatic rings. The Kier molecular flexibility index (Phi) is 5.92. The Hall–Kier alpha value is -2.25. The number of urea groups is 1. The van der Waals surface area contributed by atoms with Crippen molar-refractivity contribution in [3.8, 4) is 0 Å². The van der Waals surface area contributed by atoms with E-state index < -0.39 is 11.7 Å². The smallest absolute Gasteiger partial charge is 0.341 e. The minimum atomic E-state index is -4.36. The van der Waals surface area contributed by atoms with Gasteiger partial charge in [0.25, 0.3) is 0 Å². The summed E-state index contributed by atoms with van der Waals surface area (Å²) >= 11 is 0. The van der Waals surface area contributed by atoms with E-state index in [0.717, 1.165) is 12.1 Å². The molecule has 3 amide bonds. The fourth-order valence-electron chi connectivity index (χ4n) is 2.87. The lowest BCUT2D eigenvalue weighted by Crippen LogP contribution is -2.53. The number of rotatable bonds is 3. The number of nitrogens with zero attached hydrogens (tertiary/aromatic N) is 2. The van der Waals surface area contributed by atoms with Gasteiger partial charge in [-0.2, -0.15) is 13.2 Å². The number of nitrogens with one attached hydrogen (secondary N) is 1. The van der Waals surface area contributed by atoms with Crippen molar-refractivity contribution in [2.24, 2.45) is 5.92 Å². The molecule has 0 spiro atoms. The largest absolute Gasteiger partial charge is 0.416 e. The Morgan fingerprint density at radius 3 is 2.08 bits per heavy atom. The Balaban J connectivity index is 1.89. The molecule has 8 heteroatoms. The third-order valence-corrected chi connectivity index (χ3v) is 4.34. The summed E-state index contributed by atoms with van der Waals surface area (Å²) in [6.45, 7) is 3.63. The summed E-state index contributed by atoms with van der Waals surface area (Å²) < 4.78 is 37.7. The summed E-state index contributed by atoms with van der Waals surface area (Å²) in [5.41, 5.74) is -0.00148. The minimum absolute atomic E-state index is 0.0449. The summed E-state index contributed by atoms with van der Waals surface area (Å²) in [6.07, 6.45) is -3.98. The van der Waals surface area contributed by atoms with E-state index in [4.69, 9.17) is 0 Å². The van der Waals surface area contributed by atoms with Crippen molar-refractivity contribution in [1.82, 2.24) is 15.1 Å². The zero-order valence-electron chi connectivity index (χ0n) is 14.3. The monoisotopic (exact) mass is 357 g/mol. The standard InChI is InChI=1S/C17H22F3N3O2/c1-12(11-13-3-5-14(6-4-13)17(18,19)20)15(24)22-7-9-23(10-8-22)16(25)21-2/h3-6,12H,7-11H2,1-2H3,(H,21,25)/t12-/m1/s1. The summed E-state index contributed by atoms with van der Waals surface area (Å²) in [5.74, 6) is -0.375. The van der Waals surface area contributed by atoms with E-state index in [0.29, 0.717) is 38.2 Å². The van der Waals surface area contributed by atoms with Gasteiger partial charge in [-0.05, 0) is 24.1 Å². The molecule has 1 atom stereocenters. The van der Waals surface area contributed by atoms with Gasteiger partial charge in [0, 0.05) is 39.1 Å². The van der Waals surface area contributed by atoms with Crippen LogP contribution in [0.25, 0.3) is 0 Å². The van der Waals surface area contributed by atoms with Gasteiger partial charge < -0.3 is 15.1 Å². The third-order valence-electron chi connectivity index (χ3n) is 4.34. The molecule has 1 fully saturated rings. The second-order valence-electron chi connectivity index (χ2n) is 6.17. The lowest BCUT2D eigenvalue weighted by atomic mass is 9.98. The summed E-state index contributed by atoms with van der Waals surface area (Å²) in [6, 6.07) is 4.74. The molecule has 1 aliphatic heterocycles. The topological polar surface area (TPSA) is 52.7 Å². The molecule has 0 aromatic heterocycles. The zero-order valence-corrected chi connectivity index (χ0v) is 14.3. The number of benzene rings is 1. The zero-order chi connectivity index (χ0) is 18.6. The molecule has 1 N–H and O–H groups in total. The van der Waals surface area contributed by atoms with E-state index in [1.54, 1.807) is 23.8 Å². The molecule has 1 aliphatic rings. The fraction of sp³-hybridized carbons (Fsp3) is 0.529. The Morgan fingerprint density at radius 2 is 1.60 bits per heavy atom. The molecule has 0 aliphatic carbocycles. The van der Waals surface area contributed by atoms with Crippen molar-refractivity contribution in [2.75, 3.05) is 33.2 Å².